The summed E-state index contributed by atoms with van der Waals surface area (Å²) in [7, 11) is 2.89. The van der Waals surface area contributed by atoms with Crippen molar-refractivity contribution in [3.63, 3.8) is 0 Å². The van der Waals surface area contributed by atoms with Crippen molar-refractivity contribution < 1.29 is 4.79 Å². The molecule has 9 heteroatoms. The van der Waals surface area contributed by atoms with Gasteiger partial charge >= 0.3 is 6.03 Å². The van der Waals surface area contributed by atoms with Crippen LogP contribution in [0, 0.1) is 0 Å². The van der Waals surface area contributed by atoms with Gasteiger partial charge in [-0.25, -0.2) is 9.78 Å². The molecule has 0 radical (unpaired) electrons. The van der Waals surface area contributed by atoms with Crippen LogP contribution in [0.25, 0.3) is 0 Å². The van der Waals surface area contributed by atoms with Crippen LogP contribution in [-0.4, -0.2) is 20.8 Å². The van der Waals surface area contributed by atoms with E-state index < -0.39 is 6.03 Å². The summed E-state index contributed by atoms with van der Waals surface area (Å²) in [6.07, 6.45) is 1.35. The van der Waals surface area contributed by atoms with E-state index in [1.165, 1.54) is 27.9 Å². The lowest BCUT2D eigenvalue weighted by Gasteiger charge is -2.06. The monoisotopic (exact) mass is 396 g/mol. The smallest absolute Gasteiger partial charge is 0.305 e. The van der Waals surface area contributed by atoms with Gasteiger partial charge in [0.05, 0.1) is 10.7 Å². The highest BCUT2D eigenvalue weighted by molar-refractivity contribution is 8.76. The van der Waals surface area contributed by atoms with Crippen molar-refractivity contribution >= 4 is 56.5 Å². The summed E-state index contributed by atoms with van der Waals surface area (Å²) in [5, 5.41) is 8.13. The van der Waals surface area contributed by atoms with E-state index in [9.17, 15) is 4.79 Å². The fourth-order valence-corrected chi connectivity index (χ4v) is 3.89. The van der Waals surface area contributed by atoms with Crippen LogP contribution in [0.4, 0.5) is 10.5 Å². The second-order valence-corrected chi connectivity index (χ2v) is 7.52. The molecular weight excluding hydrogens is 387 g/mol. The molecule has 24 heavy (non-hydrogen) atoms. The number of anilines is 1. The summed E-state index contributed by atoms with van der Waals surface area (Å²) in [6, 6.07) is 14.2. The van der Waals surface area contributed by atoms with Gasteiger partial charge in [0.15, 0.2) is 0 Å². The lowest BCUT2D eigenvalue weighted by Crippen LogP contribution is -2.20. The van der Waals surface area contributed by atoms with Crippen molar-refractivity contribution in [3.8, 4) is 0 Å². The maximum absolute atomic E-state index is 12.2. The highest BCUT2D eigenvalue weighted by Gasteiger charge is 2.11. The van der Waals surface area contributed by atoms with E-state index in [0.717, 1.165) is 9.58 Å². The van der Waals surface area contributed by atoms with E-state index in [1.54, 1.807) is 18.2 Å². The fourth-order valence-electron chi connectivity index (χ4n) is 1.71. The van der Waals surface area contributed by atoms with Gasteiger partial charge in [-0.1, -0.05) is 41.4 Å². The number of carbonyl (C=O) groups is 1. The Morgan fingerprint density at radius 2 is 1.88 bits per heavy atom. The molecule has 0 aliphatic carbocycles. The number of amides is 1. The molecule has 0 aliphatic rings. The van der Waals surface area contributed by atoms with Gasteiger partial charge in [0.25, 0.3) is 0 Å². The Morgan fingerprint density at radius 3 is 2.62 bits per heavy atom. The number of rotatable bonds is 4. The SMILES string of the molecule is O=C(Nc1ccc(Cl)cc1Cl)n1cnc(SSc2ccccc2)n1. The molecule has 5 nitrogen and oxygen atoms in total. The van der Waals surface area contributed by atoms with Crippen molar-refractivity contribution in [3.05, 3.63) is 64.9 Å². The van der Waals surface area contributed by atoms with Crippen LogP contribution < -0.4 is 5.32 Å². The highest BCUT2D eigenvalue weighted by atomic mass is 35.5. The van der Waals surface area contributed by atoms with Gasteiger partial charge < -0.3 is 5.32 Å². The third-order valence-corrected chi connectivity index (χ3v) is 5.51. The van der Waals surface area contributed by atoms with Crippen molar-refractivity contribution in [1.82, 2.24) is 14.8 Å². The summed E-state index contributed by atoms with van der Waals surface area (Å²) in [5.74, 6) is 0. The number of hydrogen-bond acceptors (Lipinski definition) is 5. The van der Waals surface area contributed by atoms with E-state index in [-0.39, 0.29) is 0 Å². The van der Waals surface area contributed by atoms with E-state index in [4.69, 9.17) is 23.2 Å². The van der Waals surface area contributed by atoms with Gasteiger partial charge in [-0.2, -0.15) is 4.68 Å². The maximum Gasteiger partial charge on any atom is 0.348 e. The number of benzene rings is 2. The number of halogens is 2. The summed E-state index contributed by atoms with van der Waals surface area (Å²) >= 11 is 11.9. The Bertz CT molecular complexity index is 858. The Kier molecular flexibility index (Phi) is 5.68. The van der Waals surface area contributed by atoms with Crippen LogP contribution >= 0.6 is 44.8 Å². The highest BCUT2D eigenvalue weighted by Crippen LogP contribution is 2.34. The average Bonchev–Trinajstić information content (AvgIpc) is 3.05. The number of carbonyl (C=O) groups excluding carboxylic acids is 1. The van der Waals surface area contributed by atoms with Gasteiger partial charge in [0, 0.05) is 9.92 Å². The van der Waals surface area contributed by atoms with Crippen molar-refractivity contribution in [2.45, 2.75) is 10.1 Å². The van der Waals surface area contributed by atoms with Crippen LogP contribution in [0.1, 0.15) is 0 Å². The molecule has 1 aromatic heterocycles. The minimum absolute atomic E-state index is 0.352. The van der Waals surface area contributed by atoms with Crippen LogP contribution in [0.3, 0.4) is 0 Å². The molecule has 1 heterocycles. The first-order valence-corrected chi connectivity index (χ1v) is 9.60. The molecule has 1 amide bonds. The number of nitrogens with zero attached hydrogens (tertiary/aromatic N) is 3. The average molecular weight is 397 g/mol. The van der Waals surface area contributed by atoms with E-state index in [0.29, 0.717) is 20.9 Å². The van der Waals surface area contributed by atoms with Crippen LogP contribution in [0.15, 0.2) is 64.9 Å². The summed E-state index contributed by atoms with van der Waals surface area (Å²) < 4.78 is 1.12. The third-order valence-electron chi connectivity index (χ3n) is 2.81. The Labute approximate surface area is 156 Å². The summed E-state index contributed by atoms with van der Waals surface area (Å²) in [5.41, 5.74) is 0.453. The Balaban J connectivity index is 1.63. The minimum Gasteiger partial charge on any atom is -0.305 e. The molecule has 0 bridgehead atoms. The van der Waals surface area contributed by atoms with Crippen molar-refractivity contribution in [1.29, 1.82) is 0 Å². The quantitative estimate of drug-likeness (QED) is 0.592. The van der Waals surface area contributed by atoms with Crippen LogP contribution in [0.5, 0.6) is 0 Å². The molecule has 0 aliphatic heterocycles. The molecular formula is C15H10Cl2N4OS2. The third kappa shape index (κ3) is 4.45. The molecule has 3 rings (SSSR count). The Hall–Kier alpha value is -1.67. The van der Waals surface area contributed by atoms with Crippen LogP contribution in [0.2, 0.25) is 10.0 Å². The molecule has 0 saturated carbocycles. The predicted octanol–water partition coefficient (Wildman–Crippen LogP) is 5.46. The number of aromatic nitrogens is 3. The van der Waals surface area contributed by atoms with Gasteiger partial charge in [-0.3, -0.25) is 0 Å². The van der Waals surface area contributed by atoms with Crippen LogP contribution in [-0.2, 0) is 0 Å². The maximum atomic E-state index is 12.2. The molecule has 0 spiro atoms. The first kappa shape index (κ1) is 17.2. The predicted molar refractivity (Wildman–Crippen MR) is 99.1 cm³/mol. The van der Waals surface area contributed by atoms with Crippen molar-refractivity contribution in [2.24, 2.45) is 0 Å². The second-order valence-electron chi connectivity index (χ2n) is 4.51. The molecule has 1 N–H and O–H groups in total. The van der Waals surface area contributed by atoms with E-state index >= 15 is 0 Å². The zero-order valence-corrected chi connectivity index (χ0v) is 15.2. The van der Waals surface area contributed by atoms with Crippen molar-refractivity contribution in [2.75, 3.05) is 5.32 Å². The molecule has 0 atom stereocenters. The molecule has 3 aromatic rings. The molecule has 122 valence electrons. The molecule has 2 aromatic carbocycles. The van der Waals surface area contributed by atoms with Gasteiger partial charge in [-0.15, -0.1) is 5.10 Å². The summed E-state index contributed by atoms with van der Waals surface area (Å²) in [4.78, 5) is 17.4. The van der Waals surface area contributed by atoms with E-state index in [1.807, 2.05) is 30.3 Å². The van der Waals surface area contributed by atoms with Gasteiger partial charge in [-0.05, 0) is 51.9 Å². The molecule has 0 unspecified atom stereocenters. The first-order chi connectivity index (χ1) is 11.6. The zero-order chi connectivity index (χ0) is 16.9. The van der Waals surface area contributed by atoms with Gasteiger partial charge in [0.1, 0.15) is 6.33 Å². The minimum atomic E-state index is -0.455. The normalized spacial score (nSPS) is 10.6. The van der Waals surface area contributed by atoms with E-state index in [2.05, 4.69) is 15.4 Å². The lowest BCUT2D eigenvalue weighted by atomic mass is 10.3. The lowest BCUT2D eigenvalue weighted by molar-refractivity contribution is 0.250. The molecule has 0 fully saturated rings. The van der Waals surface area contributed by atoms with Gasteiger partial charge in [0.2, 0.25) is 5.16 Å². The first-order valence-electron chi connectivity index (χ1n) is 6.69. The fraction of sp³-hybridized carbons (Fsp3) is 0. The standard InChI is InChI=1S/C15H10Cl2N4OS2/c16-10-6-7-13(12(17)8-10)19-15(22)21-9-18-14(20-21)24-23-11-4-2-1-3-5-11/h1-9H,(H,19,22). The zero-order valence-electron chi connectivity index (χ0n) is 12.0. The second kappa shape index (κ2) is 7.94. The Morgan fingerprint density at radius 1 is 1.08 bits per heavy atom. The molecule has 0 saturated heterocycles. The largest absolute Gasteiger partial charge is 0.348 e. The summed E-state index contributed by atoms with van der Waals surface area (Å²) in [6.45, 7) is 0. The number of nitrogens with one attached hydrogen (secondary N) is 1. The topological polar surface area (TPSA) is 59.8 Å². The number of hydrogen-bond donors (Lipinski definition) is 1.